The molecule has 0 saturated carbocycles. The maximum atomic E-state index is 5.20. The van der Waals surface area contributed by atoms with Crippen molar-refractivity contribution in [2.24, 2.45) is 5.92 Å². The van der Waals surface area contributed by atoms with E-state index in [9.17, 15) is 0 Å². The maximum Gasteiger partial charge on any atom is 0.118 e. The zero-order valence-electron chi connectivity index (χ0n) is 10.2. The minimum atomic E-state index is 0.720. The van der Waals surface area contributed by atoms with Gasteiger partial charge in [-0.25, -0.2) is 0 Å². The predicted molar refractivity (Wildman–Crippen MR) is 67.0 cm³/mol. The molecule has 0 aliphatic carbocycles. The lowest BCUT2D eigenvalue weighted by Gasteiger charge is -2.32. The number of piperidine rings is 1. The Labute approximate surface area is 98.0 Å². The van der Waals surface area contributed by atoms with E-state index in [1.54, 1.807) is 7.11 Å². The largest absolute Gasteiger partial charge is 0.497 e. The minimum absolute atomic E-state index is 0.720. The van der Waals surface area contributed by atoms with Crippen LogP contribution in [0.3, 0.4) is 0 Å². The van der Waals surface area contributed by atoms with Crippen LogP contribution >= 0.6 is 0 Å². The molecular weight excluding hydrogens is 198 g/mol. The molecule has 0 amide bonds. The highest BCUT2D eigenvalue weighted by Gasteiger charge is 2.24. The van der Waals surface area contributed by atoms with Crippen LogP contribution in [-0.4, -0.2) is 20.2 Å². The molecule has 2 nitrogen and oxygen atoms in total. The number of rotatable bonds is 3. The average Bonchev–Trinajstić information content (AvgIpc) is 2.39. The predicted octanol–water partition coefficient (Wildman–Crippen LogP) is 2.80. The molecule has 0 aromatic heterocycles. The smallest absolute Gasteiger partial charge is 0.118 e. The second kappa shape index (κ2) is 5.35. The number of nitrogens with one attached hydrogen (secondary N) is 1. The molecular formula is C14H21NO. The summed E-state index contributed by atoms with van der Waals surface area (Å²) in [5, 5.41) is 3.48. The first kappa shape index (κ1) is 11.5. The molecule has 2 heteroatoms. The number of ether oxygens (including phenoxy) is 1. The van der Waals surface area contributed by atoms with Crippen LogP contribution in [0.5, 0.6) is 5.75 Å². The van der Waals surface area contributed by atoms with Gasteiger partial charge in [0.1, 0.15) is 5.75 Å². The van der Waals surface area contributed by atoms with E-state index in [1.807, 2.05) is 0 Å². The Morgan fingerprint density at radius 1 is 1.31 bits per heavy atom. The topological polar surface area (TPSA) is 21.3 Å². The van der Waals surface area contributed by atoms with Gasteiger partial charge in [-0.15, -0.1) is 0 Å². The summed E-state index contributed by atoms with van der Waals surface area (Å²) in [5.74, 6) is 2.45. The van der Waals surface area contributed by atoms with E-state index in [0.717, 1.165) is 30.7 Å². The molecule has 88 valence electrons. The maximum absolute atomic E-state index is 5.20. The van der Waals surface area contributed by atoms with Gasteiger partial charge in [0.05, 0.1) is 7.11 Å². The molecule has 2 atom stereocenters. The third-order valence-corrected chi connectivity index (χ3v) is 3.68. The van der Waals surface area contributed by atoms with E-state index in [2.05, 4.69) is 36.5 Å². The van der Waals surface area contributed by atoms with Crippen molar-refractivity contribution >= 4 is 0 Å². The van der Waals surface area contributed by atoms with Crippen molar-refractivity contribution in [2.45, 2.75) is 25.7 Å². The number of hydrogen-bond donors (Lipinski definition) is 1. The van der Waals surface area contributed by atoms with Gasteiger partial charge in [0.15, 0.2) is 0 Å². The van der Waals surface area contributed by atoms with Crippen LogP contribution in [0.4, 0.5) is 0 Å². The Morgan fingerprint density at radius 2 is 2.06 bits per heavy atom. The monoisotopic (exact) mass is 219 g/mol. The van der Waals surface area contributed by atoms with Gasteiger partial charge in [-0.3, -0.25) is 0 Å². The Morgan fingerprint density at radius 3 is 2.69 bits per heavy atom. The van der Waals surface area contributed by atoms with Crippen molar-refractivity contribution in [2.75, 3.05) is 20.2 Å². The lowest BCUT2D eigenvalue weighted by molar-refractivity contribution is 0.317. The Hall–Kier alpha value is -1.02. The lowest BCUT2D eigenvalue weighted by atomic mass is 9.80. The van der Waals surface area contributed by atoms with Crippen molar-refractivity contribution in [1.29, 1.82) is 0 Å². The Bertz CT molecular complexity index is 320. The molecule has 16 heavy (non-hydrogen) atoms. The number of methoxy groups -OCH3 is 1. The molecule has 1 saturated heterocycles. The van der Waals surface area contributed by atoms with E-state index in [1.165, 1.54) is 18.4 Å². The van der Waals surface area contributed by atoms with Crippen LogP contribution in [0.2, 0.25) is 0 Å². The van der Waals surface area contributed by atoms with Crippen molar-refractivity contribution < 1.29 is 4.74 Å². The average molecular weight is 219 g/mol. The van der Waals surface area contributed by atoms with Gasteiger partial charge < -0.3 is 10.1 Å². The molecule has 0 bridgehead atoms. The summed E-state index contributed by atoms with van der Waals surface area (Å²) in [5.41, 5.74) is 1.47. The van der Waals surface area contributed by atoms with Crippen molar-refractivity contribution in [1.82, 2.24) is 5.32 Å². The van der Waals surface area contributed by atoms with Crippen molar-refractivity contribution in [3.8, 4) is 5.75 Å². The van der Waals surface area contributed by atoms with Crippen molar-refractivity contribution in [3.63, 3.8) is 0 Å². The van der Waals surface area contributed by atoms with E-state index >= 15 is 0 Å². The lowest BCUT2D eigenvalue weighted by Crippen LogP contribution is -2.35. The third kappa shape index (κ3) is 2.38. The van der Waals surface area contributed by atoms with Gasteiger partial charge in [-0.2, -0.15) is 0 Å². The van der Waals surface area contributed by atoms with E-state index in [0.29, 0.717) is 0 Å². The molecule has 1 aromatic carbocycles. The summed E-state index contributed by atoms with van der Waals surface area (Å²) >= 11 is 0. The normalized spacial score (nSPS) is 25.4. The fraction of sp³-hybridized carbons (Fsp3) is 0.571. The Balaban J connectivity index is 2.14. The molecule has 1 heterocycles. The van der Waals surface area contributed by atoms with Gasteiger partial charge in [0.25, 0.3) is 0 Å². The van der Waals surface area contributed by atoms with E-state index < -0.39 is 0 Å². The van der Waals surface area contributed by atoms with Crippen LogP contribution in [0, 0.1) is 5.92 Å². The van der Waals surface area contributed by atoms with E-state index in [4.69, 9.17) is 4.74 Å². The third-order valence-electron chi connectivity index (χ3n) is 3.68. The van der Waals surface area contributed by atoms with Gasteiger partial charge in [0, 0.05) is 0 Å². The molecule has 1 aliphatic rings. The second-order valence-electron chi connectivity index (χ2n) is 4.54. The van der Waals surface area contributed by atoms with Crippen LogP contribution in [-0.2, 0) is 0 Å². The first-order valence-corrected chi connectivity index (χ1v) is 6.19. The van der Waals surface area contributed by atoms with Gasteiger partial charge in [0.2, 0.25) is 0 Å². The quantitative estimate of drug-likeness (QED) is 0.844. The van der Waals surface area contributed by atoms with Gasteiger partial charge in [-0.1, -0.05) is 25.5 Å². The zero-order valence-corrected chi connectivity index (χ0v) is 10.2. The molecule has 0 spiro atoms. The molecule has 0 radical (unpaired) electrons. The summed E-state index contributed by atoms with van der Waals surface area (Å²) in [6.07, 6.45) is 2.51. The summed E-state index contributed by atoms with van der Waals surface area (Å²) < 4.78 is 5.20. The summed E-state index contributed by atoms with van der Waals surface area (Å²) in [6, 6.07) is 8.59. The molecule has 1 fully saturated rings. The highest BCUT2D eigenvalue weighted by atomic mass is 16.5. The van der Waals surface area contributed by atoms with Crippen LogP contribution in [0.1, 0.15) is 31.2 Å². The summed E-state index contributed by atoms with van der Waals surface area (Å²) in [7, 11) is 1.72. The SMILES string of the molecule is CCC1CNCCC1c1ccc(OC)cc1. The zero-order chi connectivity index (χ0) is 11.4. The first-order valence-electron chi connectivity index (χ1n) is 6.19. The van der Waals surface area contributed by atoms with Crippen LogP contribution < -0.4 is 10.1 Å². The fourth-order valence-electron chi connectivity index (χ4n) is 2.64. The molecule has 1 N–H and O–H groups in total. The summed E-state index contributed by atoms with van der Waals surface area (Å²) in [6.45, 7) is 4.59. The minimum Gasteiger partial charge on any atom is -0.497 e. The van der Waals surface area contributed by atoms with Gasteiger partial charge >= 0.3 is 0 Å². The van der Waals surface area contributed by atoms with Crippen LogP contribution in [0.25, 0.3) is 0 Å². The first-order chi connectivity index (χ1) is 7.85. The molecule has 2 rings (SSSR count). The fourth-order valence-corrected chi connectivity index (χ4v) is 2.64. The Kier molecular flexibility index (Phi) is 3.83. The second-order valence-corrected chi connectivity index (χ2v) is 4.54. The molecule has 2 unspecified atom stereocenters. The number of benzene rings is 1. The molecule has 1 aromatic rings. The van der Waals surface area contributed by atoms with Crippen molar-refractivity contribution in [3.05, 3.63) is 29.8 Å². The standard InChI is InChI=1S/C14H21NO/c1-3-11-10-15-9-8-14(11)12-4-6-13(16-2)7-5-12/h4-7,11,14-15H,3,8-10H2,1-2H3. The highest BCUT2D eigenvalue weighted by molar-refractivity contribution is 5.30. The van der Waals surface area contributed by atoms with Crippen LogP contribution in [0.15, 0.2) is 24.3 Å². The van der Waals surface area contributed by atoms with Gasteiger partial charge in [-0.05, 0) is 49.0 Å². The highest BCUT2D eigenvalue weighted by Crippen LogP contribution is 2.32. The molecule has 1 aliphatic heterocycles. The number of hydrogen-bond acceptors (Lipinski definition) is 2. The summed E-state index contributed by atoms with van der Waals surface area (Å²) in [4.78, 5) is 0. The van der Waals surface area contributed by atoms with E-state index in [-0.39, 0.29) is 0 Å².